The van der Waals surface area contributed by atoms with Crippen LogP contribution in [0.15, 0.2) is 83.9 Å². The first-order valence-corrected chi connectivity index (χ1v) is 11.6. The first-order chi connectivity index (χ1) is 15.1. The summed E-state index contributed by atoms with van der Waals surface area (Å²) >= 11 is 0. The molecule has 3 aromatic carbocycles. The zero-order chi connectivity index (χ0) is 21.3. The van der Waals surface area contributed by atoms with E-state index in [9.17, 15) is 8.42 Å². The Kier molecular flexibility index (Phi) is 5.13. The highest BCUT2D eigenvalue weighted by molar-refractivity contribution is 7.89. The van der Waals surface area contributed by atoms with Crippen molar-refractivity contribution in [2.24, 2.45) is 0 Å². The molecule has 4 aromatic rings. The Bertz CT molecular complexity index is 1320. The second-order valence-electron chi connectivity index (χ2n) is 7.41. The quantitative estimate of drug-likeness (QED) is 0.480. The third-order valence-corrected chi connectivity index (χ3v) is 6.92. The van der Waals surface area contributed by atoms with Gasteiger partial charge in [-0.25, -0.2) is 13.1 Å². The van der Waals surface area contributed by atoms with Gasteiger partial charge in [-0.15, -0.1) is 0 Å². The van der Waals surface area contributed by atoms with Crippen LogP contribution in [0.3, 0.4) is 0 Å². The summed E-state index contributed by atoms with van der Waals surface area (Å²) in [6.45, 7) is 1.09. The molecule has 0 radical (unpaired) electrons. The van der Waals surface area contributed by atoms with Crippen molar-refractivity contribution in [3.8, 4) is 11.5 Å². The van der Waals surface area contributed by atoms with E-state index in [1.807, 2.05) is 60.8 Å². The van der Waals surface area contributed by atoms with Crippen molar-refractivity contribution in [3.63, 3.8) is 0 Å². The summed E-state index contributed by atoms with van der Waals surface area (Å²) in [5, 5.41) is 1.08. The Hall–Kier alpha value is -3.29. The second-order valence-corrected chi connectivity index (χ2v) is 9.18. The van der Waals surface area contributed by atoms with Gasteiger partial charge in [-0.2, -0.15) is 0 Å². The van der Waals surface area contributed by atoms with Crippen LogP contribution in [-0.2, 0) is 10.0 Å². The van der Waals surface area contributed by atoms with E-state index in [4.69, 9.17) is 9.47 Å². The average molecular weight is 435 g/mol. The summed E-state index contributed by atoms with van der Waals surface area (Å²) in [6.07, 6.45) is 1.96. The topological polar surface area (TPSA) is 80.4 Å². The summed E-state index contributed by atoms with van der Waals surface area (Å²) in [6, 6.07) is 22.6. The molecule has 2 heterocycles. The molecule has 0 saturated heterocycles. The number of para-hydroxylation sites is 1. The summed E-state index contributed by atoms with van der Waals surface area (Å²) < 4.78 is 40.0. The minimum Gasteiger partial charge on any atom is -0.486 e. The molecule has 5 rings (SSSR count). The van der Waals surface area contributed by atoms with Gasteiger partial charge in [0, 0.05) is 35.6 Å². The number of rotatable bonds is 6. The molecule has 158 valence electrons. The lowest BCUT2D eigenvalue weighted by Crippen LogP contribution is -2.29. The van der Waals surface area contributed by atoms with Crippen LogP contribution in [0.4, 0.5) is 0 Å². The molecular weight excluding hydrogens is 412 g/mol. The smallest absolute Gasteiger partial charge is 0.240 e. The predicted octanol–water partition coefficient (Wildman–Crippen LogP) is 4.05. The fourth-order valence-corrected chi connectivity index (χ4v) is 5.00. The van der Waals surface area contributed by atoms with Crippen molar-refractivity contribution < 1.29 is 17.9 Å². The van der Waals surface area contributed by atoms with Crippen LogP contribution in [-0.4, -0.2) is 33.2 Å². The molecule has 2 N–H and O–H groups in total. The molecule has 0 fully saturated rings. The molecule has 1 aromatic heterocycles. The molecule has 1 aliphatic rings. The largest absolute Gasteiger partial charge is 0.486 e. The third kappa shape index (κ3) is 3.89. The van der Waals surface area contributed by atoms with Crippen molar-refractivity contribution in [3.05, 3.63) is 90.1 Å². The average Bonchev–Trinajstić information content (AvgIpc) is 3.23. The normalized spacial score (nSPS) is 14.5. The Labute approximate surface area is 180 Å². The standard InChI is InChI=1S/C24H22N2O4S/c27-31(28,18-10-11-23-24(14-18)30-13-12-29-23)26-16-20(17-6-2-1-3-7-17)21-15-25-22-9-5-4-8-19(21)22/h1-11,14-15,20,25-26H,12-13,16H2. The minimum absolute atomic E-state index is 0.149. The number of H-pyrrole nitrogens is 1. The van der Waals surface area contributed by atoms with Crippen LogP contribution in [0, 0.1) is 0 Å². The Balaban J connectivity index is 1.46. The maximum atomic E-state index is 13.1. The molecule has 0 bridgehead atoms. The highest BCUT2D eigenvalue weighted by Crippen LogP contribution is 2.33. The SMILES string of the molecule is O=S(=O)(NCC(c1ccccc1)c1c[nH]c2ccccc12)c1ccc2c(c1)OCCO2. The van der Waals surface area contributed by atoms with Crippen LogP contribution < -0.4 is 14.2 Å². The molecule has 0 saturated carbocycles. The molecule has 1 aliphatic heterocycles. The van der Waals surface area contributed by atoms with Crippen LogP contribution in [0.5, 0.6) is 11.5 Å². The second kappa shape index (κ2) is 8.09. The van der Waals surface area contributed by atoms with Gasteiger partial charge in [0.15, 0.2) is 11.5 Å². The maximum absolute atomic E-state index is 13.1. The number of hydrogen-bond acceptors (Lipinski definition) is 4. The number of benzene rings is 3. The van der Waals surface area contributed by atoms with Gasteiger partial charge < -0.3 is 14.5 Å². The van der Waals surface area contributed by atoms with Crippen LogP contribution in [0.25, 0.3) is 10.9 Å². The minimum atomic E-state index is -3.74. The molecule has 7 heteroatoms. The lowest BCUT2D eigenvalue weighted by atomic mass is 9.91. The number of ether oxygens (including phenoxy) is 2. The molecule has 1 unspecified atom stereocenters. The molecule has 6 nitrogen and oxygen atoms in total. The third-order valence-electron chi connectivity index (χ3n) is 5.50. The number of aromatic amines is 1. The van der Waals surface area contributed by atoms with E-state index in [2.05, 4.69) is 9.71 Å². The molecular formula is C24H22N2O4S. The van der Waals surface area contributed by atoms with E-state index in [0.29, 0.717) is 24.7 Å². The zero-order valence-electron chi connectivity index (χ0n) is 16.7. The highest BCUT2D eigenvalue weighted by Gasteiger charge is 2.23. The fourth-order valence-electron chi connectivity index (χ4n) is 3.94. The summed E-state index contributed by atoms with van der Waals surface area (Å²) in [7, 11) is -3.74. The van der Waals surface area contributed by atoms with E-state index in [0.717, 1.165) is 22.0 Å². The van der Waals surface area contributed by atoms with Crippen LogP contribution in [0.2, 0.25) is 0 Å². The molecule has 0 spiro atoms. The number of hydrogen-bond donors (Lipinski definition) is 2. The van der Waals surface area contributed by atoms with Crippen LogP contribution in [0.1, 0.15) is 17.0 Å². The van der Waals surface area contributed by atoms with Gasteiger partial charge in [0.05, 0.1) is 4.90 Å². The van der Waals surface area contributed by atoms with Gasteiger partial charge in [-0.3, -0.25) is 0 Å². The van der Waals surface area contributed by atoms with E-state index < -0.39 is 10.0 Å². The van der Waals surface area contributed by atoms with E-state index in [-0.39, 0.29) is 17.4 Å². The number of fused-ring (bicyclic) bond motifs is 2. The van der Waals surface area contributed by atoms with Gasteiger partial charge in [0.2, 0.25) is 10.0 Å². The number of nitrogens with one attached hydrogen (secondary N) is 2. The fraction of sp³-hybridized carbons (Fsp3) is 0.167. The molecule has 1 atom stereocenters. The van der Waals surface area contributed by atoms with Crippen molar-refractivity contribution in [1.29, 1.82) is 0 Å². The highest BCUT2D eigenvalue weighted by atomic mass is 32.2. The Morgan fingerprint density at radius 1 is 0.903 bits per heavy atom. The monoisotopic (exact) mass is 434 g/mol. The van der Waals surface area contributed by atoms with Gasteiger partial charge >= 0.3 is 0 Å². The van der Waals surface area contributed by atoms with Gasteiger partial charge in [0.25, 0.3) is 0 Å². The van der Waals surface area contributed by atoms with Gasteiger partial charge in [-0.1, -0.05) is 48.5 Å². The number of aromatic nitrogens is 1. The zero-order valence-corrected chi connectivity index (χ0v) is 17.6. The Morgan fingerprint density at radius 2 is 1.65 bits per heavy atom. The number of sulfonamides is 1. The molecule has 0 aliphatic carbocycles. The maximum Gasteiger partial charge on any atom is 0.240 e. The van der Waals surface area contributed by atoms with E-state index in [1.54, 1.807) is 12.1 Å². The summed E-state index contributed by atoms with van der Waals surface area (Å²) in [5.74, 6) is 0.862. The van der Waals surface area contributed by atoms with Crippen molar-refractivity contribution in [1.82, 2.24) is 9.71 Å². The van der Waals surface area contributed by atoms with E-state index in [1.165, 1.54) is 6.07 Å². The lowest BCUT2D eigenvalue weighted by Gasteiger charge is -2.20. The van der Waals surface area contributed by atoms with Gasteiger partial charge in [-0.05, 0) is 29.3 Å². The van der Waals surface area contributed by atoms with Crippen molar-refractivity contribution in [2.45, 2.75) is 10.8 Å². The predicted molar refractivity (Wildman–Crippen MR) is 119 cm³/mol. The lowest BCUT2D eigenvalue weighted by molar-refractivity contribution is 0.171. The first-order valence-electron chi connectivity index (χ1n) is 10.1. The van der Waals surface area contributed by atoms with Crippen molar-refractivity contribution in [2.75, 3.05) is 19.8 Å². The molecule has 31 heavy (non-hydrogen) atoms. The summed E-state index contributed by atoms with van der Waals surface area (Å²) in [5.41, 5.74) is 3.11. The van der Waals surface area contributed by atoms with Crippen LogP contribution >= 0.6 is 0 Å². The summed E-state index contributed by atoms with van der Waals surface area (Å²) in [4.78, 5) is 3.45. The molecule has 0 amide bonds. The Morgan fingerprint density at radius 3 is 2.48 bits per heavy atom. The van der Waals surface area contributed by atoms with E-state index >= 15 is 0 Å². The first kappa shape index (κ1) is 19.7. The van der Waals surface area contributed by atoms with Gasteiger partial charge in [0.1, 0.15) is 13.2 Å². The van der Waals surface area contributed by atoms with Crippen molar-refractivity contribution >= 4 is 20.9 Å².